The zero-order valence-corrected chi connectivity index (χ0v) is 15.7. The van der Waals surface area contributed by atoms with Gasteiger partial charge in [-0.2, -0.15) is 5.26 Å². The van der Waals surface area contributed by atoms with E-state index in [1.54, 1.807) is 38.1 Å². The molecular weight excluding hydrogens is 372 g/mol. The van der Waals surface area contributed by atoms with Crippen LogP contribution >= 0.6 is 11.6 Å². The van der Waals surface area contributed by atoms with Crippen molar-refractivity contribution in [2.24, 2.45) is 5.73 Å². The van der Waals surface area contributed by atoms with Crippen LogP contribution in [0.3, 0.4) is 0 Å². The Hall–Kier alpha value is -2.98. The molecule has 0 spiro atoms. The maximum Gasteiger partial charge on any atom is 0.338 e. The standard InChI is InChI=1S/C19H19ClN2O5/c1-3-25-15(23)9-14-17(19(24)26-4-2)16(13(10-21)18(22)27-14)11-6-5-7-12(20)8-11/h5-8,16H,3-4,9,22H2,1-2H3. The molecule has 2 rings (SSSR count). The minimum Gasteiger partial charge on any atom is -0.466 e. The second-order valence-electron chi connectivity index (χ2n) is 5.52. The van der Waals surface area contributed by atoms with E-state index in [0.29, 0.717) is 10.6 Å². The average molecular weight is 391 g/mol. The fraction of sp³-hybridized carbons (Fsp3) is 0.316. The van der Waals surface area contributed by atoms with Gasteiger partial charge in [-0.1, -0.05) is 23.7 Å². The van der Waals surface area contributed by atoms with Crippen molar-refractivity contribution in [3.8, 4) is 6.07 Å². The van der Waals surface area contributed by atoms with Gasteiger partial charge in [0, 0.05) is 5.02 Å². The summed E-state index contributed by atoms with van der Waals surface area (Å²) in [5.74, 6) is -2.36. The van der Waals surface area contributed by atoms with E-state index in [9.17, 15) is 14.9 Å². The van der Waals surface area contributed by atoms with Crippen LogP contribution in [0.2, 0.25) is 5.02 Å². The summed E-state index contributed by atoms with van der Waals surface area (Å²) < 4.78 is 15.5. The first-order valence-corrected chi connectivity index (χ1v) is 8.69. The van der Waals surface area contributed by atoms with Crippen LogP contribution < -0.4 is 5.73 Å². The largest absolute Gasteiger partial charge is 0.466 e. The summed E-state index contributed by atoms with van der Waals surface area (Å²) in [5.41, 5.74) is 6.51. The zero-order chi connectivity index (χ0) is 20.0. The third-order valence-electron chi connectivity index (χ3n) is 3.78. The number of allylic oxidation sites excluding steroid dienone is 1. The maximum absolute atomic E-state index is 12.7. The molecule has 1 unspecified atom stereocenters. The van der Waals surface area contributed by atoms with Crippen molar-refractivity contribution in [3.05, 3.63) is 57.6 Å². The predicted octanol–water partition coefficient (Wildman–Crippen LogP) is 2.92. The number of carbonyl (C=O) groups is 2. The van der Waals surface area contributed by atoms with Gasteiger partial charge in [-0.25, -0.2) is 4.79 Å². The number of hydrogen-bond donors (Lipinski definition) is 1. The summed E-state index contributed by atoms with van der Waals surface area (Å²) in [6.07, 6.45) is -0.321. The molecule has 1 aromatic carbocycles. The van der Waals surface area contributed by atoms with E-state index >= 15 is 0 Å². The van der Waals surface area contributed by atoms with Gasteiger partial charge in [0.1, 0.15) is 23.8 Å². The molecule has 1 aromatic rings. The molecule has 0 radical (unpaired) electrons. The molecule has 1 aliphatic rings. The Morgan fingerprint density at radius 2 is 2.00 bits per heavy atom. The van der Waals surface area contributed by atoms with Crippen LogP contribution in [-0.2, 0) is 23.8 Å². The lowest BCUT2D eigenvalue weighted by atomic mass is 9.82. The van der Waals surface area contributed by atoms with E-state index < -0.39 is 17.9 Å². The third-order valence-corrected chi connectivity index (χ3v) is 4.02. The number of nitrogens with zero attached hydrogens (tertiary/aromatic N) is 1. The molecule has 0 aliphatic carbocycles. The monoisotopic (exact) mass is 390 g/mol. The lowest BCUT2D eigenvalue weighted by molar-refractivity contribution is -0.143. The van der Waals surface area contributed by atoms with Crippen LogP contribution in [0.25, 0.3) is 0 Å². The molecule has 2 N–H and O–H groups in total. The fourth-order valence-corrected chi connectivity index (χ4v) is 2.94. The Morgan fingerprint density at radius 3 is 2.59 bits per heavy atom. The zero-order valence-electron chi connectivity index (χ0n) is 15.0. The summed E-state index contributed by atoms with van der Waals surface area (Å²) in [5, 5.41) is 10.00. The smallest absolute Gasteiger partial charge is 0.338 e. The molecule has 1 atom stereocenters. The number of nitrogens with two attached hydrogens (primary N) is 1. The molecule has 1 heterocycles. The van der Waals surface area contributed by atoms with Gasteiger partial charge in [-0.3, -0.25) is 4.79 Å². The number of halogens is 1. The van der Waals surface area contributed by atoms with Crippen molar-refractivity contribution in [2.75, 3.05) is 13.2 Å². The first-order valence-electron chi connectivity index (χ1n) is 8.31. The number of ether oxygens (including phenoxy) is 3. The first kappa shape index (κ1) is 20.3. The maximum atomic E-state index is 12.7. The third kappa shape index (κ3) is 4.60. The van der Waals surface area contributed by atoms with E-state index in [-0.39, 0.29) is 42.4 Å². The minimum absolute atomic E-state index is 0.00613. The second-order valence-corrected chi connectivity index (χ2v) is 5.96. The Balaban J connectivity index is 2.64. The molecule has 0 amide bonds. The van der Waals surface area contributed by atoms with Crippen molar-refractivity contribution >= 4 is 23.5 Å². The molecular formula is C19H19ClN2O5. The summed E-state index contributed by atoms with van der Waals surface area (Å²) in [4.78, 5) is 24.6. The van der Waals surface area contributed by atoms with Gasteiger partial charge in [-0.05, 0) is 31.5 Å². The molecule has 0 saturated heterocycles. The van der Waals surface area contributed by atoms with Crippen molar-refractivity contribution in [1.29, 1.82) is 5.26 Å². The van der Waals surface area contributed by atoms with Gasteiger partial charge >= 0.3 is 11.9 Å². The van der Waals surface area contributed by atoms with E-state index in [0.717, 1.165) is 0 Å². The highest BCUT2D eigenvalue weighted by atomic mass is 35.5. The van der Waals surface area contributed by atoms with Crippen molar-refractivity contribution in [3.63, 3.8) is 0 Å². The quantitative estimate of drug-likeness (QED) is 0.743. The Bertz CT molecular complexity index is 854. The van der Waals surface area contributed by atoms with E-state index in [1.165, 1.54) is 0 Å². The van der Waals surface area contributed by atoms with Crippen LogP contribution in [0.1, 0.15) is 31.7 Å². The number of nitriles is 1. The van der Waals surface area contributed by atoms with Crippen LogP contribution in [0, 0.1) is 11.3 Å². The van der Waals surface area contributed by atoms with Crippen LogP contribution in [-0.4, -0.2) is 25.2 Å². The first-order chi connectivity index (χ1) is 12.9. The van der Waals surface area contributed by atoms with Gasteiger partial charge in [0.05, 0.1) is 24.7 Å². The molecule has 8 heteroatoms. The minimum atomic E-state index is -0.870. The predicted molar refractivity (Wildman–Crippen MR) is 97.0 cm³/mol. The highest BCUT2D eigenvalue weighted by Crippen LogP contribution is 2.41. The molecule has 27 heavy (non-hydrogen) atoms. The van der Waals surface area contributed by atoms with E-state index in [1.807, 2.05) is 6.07 Å². The molecule has 142 valence electrons. The number of esters is 2. The Kier molecular flexibility index (Phi) is 6.85. The lowest BCUT2D eigenvalue weighted by Gasteiger charge is -2.28. The van der Waals surface area contributed by atoms with Gasteiger partial charge < -0.3 is 19.9 Å². The molecule has 7 nitrogen and oxygen atoms in total. The van der Waals surface area contributed by atoms with E-state index in [4.69, 9.17) is 31.5 Å². The number of benzene rings is 1. The highest BCUT2D eigenvalue weighted by molar-refractivity contribution is 6.30. The Morgan fingerprint density at radius 1 is 1.30 bits per heavy atom. The summed E-state index contributed by atoms with van der Waals surface area (Å²) in [6, 6.07) is 8.64. The number of rotatable bonds is 6. The van der Waals surface area contributed by atoms with Crippen LogP contribution in [0.15, 0.2) is 47.1 Å². The van der Waals surface area contributed by atoms with Gasteiger partial charge in [-0.15, -0.1) is 0 Å². The highest BCUT2D eigenvalue weighted by Gasteiger charge is 2.38. The lowest BCUT2D eigenvalue weighted by Crippen LogP contribution is -2.27. The number of carbonyl (C=O) groups excluding carboxylic acids is 2. The van der Waals surface area contributed by atoms with Crippen LogP contribution in [0.4, 0.5) is 0 Å². The Labute approximate surface area is 161 Å². The molecule has 0 bridgehead atoms. The van der Waals surface area contributed by atoms with Gasteiger partial charge in [0.15, 0.2) is 0 Å². The second kappa shape index (κ2) is 9.10. The fourth-order valence-electron chi connectivity index (χ4n) is 2.74. The number of hydrogen-bond acceptors (Lipinski definition) is 7. The van der Waals surface area contributed by atoms with Gasteiger partial charge in [0.2, 0.25) is 5.88 Å². The summed E-state index contributed by atoms with van der Waals surface area (Å²) >= 11 is 6.07. The van der Waals surface area contributed by atoms with Crippen molar-refractivity contribution < 1.29 is 23.8 Å². The summed E-state index contributed by atoms with van der Waals surface area (Å²) in [7, 11) is 0. The average Bonchev–Trinajstić information content (AvgIpc) is 2.61. The van der Waals surface area contributed by atoms with Crippen LogP contribution in [0.5, 0.6) is 0 Å². The van der Waals surface area contributed by atoms with Crippen molar-refractivity contribution in [1.82, 2.24) is 0 Å². The normalized spacial score (nSPS) is 16.4. The molecule has 0 saturated carbocycles. The SMILES string of the molecule is CCOC(=O)CC1=C(C(=O)OCC)C(c2cccc(Cl)c2)C(C#N)=C(N)O1. The van der Waals surface area contributed by atoms with Crippen molar-refractivity contribution in [2.45, 2.75) is 26.2 Å². The molecule has 0 fully saturated rings. The summed E-state index contributed by atoms with van der Waals surface area (Å²) in [6.45, 7) is 3.60. The van der Waals surface area contributed by atoms with E-state index in [2.05, 4.69) is 0 Å². The molecule has 1 aliphatic heterocycles. The topological polar surface area (TPSA) is 112 Å². The molecule has 0 aromatic heterocycles. The van der Waals surface area contributed by atoms with Gasteiger partial charge in [0.25, 0.3) is 0 Å².